The number of nitrogens with one attached hydrogen (secondary N) is 1. The van der Waals surface area contributed by atoms with Crippen LogP contribution in [0.1, 0.15) is 39.0 Å². The first-order valence-electron chi connectivity index (χ1n) is 5.72. The first kappa shape index (κ1) is 11.0. The average molecular weight is 185 g/mol. The van der Waals surface area contributed by atoms with Crippen LogP contribution in [-0.2, 0) is 4.74 Å². The third-order valence-corrected chi connectivity index (χ3v) is 2.72. The van der Waals surface area contributed by atoms with E-state index in [1.165, 1.54) is 25.7 Å². The van der Waals surface area contributed by atoms with Crippen LogP contribution in [0, 0.1) is 5.92 Å². The second-order valence-corrected chi connectivity index (χ2v) is 3.93. The van der Waals surface area contributed by atoms with Crippen molar-refractivity contribution in [3.05, 3.63) is 0 Å². The van der Waals surface area contributed by atoms with Gasteiger partial charge in [-0.2, -0.15) is 0 Å². The smallest absolute Gasteiger partial charge is 0.0494 e. The van der Waals surface area contributed by atoms with Gasteiger partial charge in [-0.1, -0.05) is 19.8 Å². The van der Waals surface area contributed by atoms with E-state index in [1.54, 1.807) is 0 Å². The number of rotatable bonds is 7. The highest BCUT2D eigenvalue weighted by Gasteiger charge is 2.14. The highest BCUT2D eigenvalue weighted by molar-refractivity contribution is 4.66. The molecule has 13 heavy (non-hydrogen) atoms. The van der Waals surface area contributed by atoms with Crippen molar-refractivity contribution in [3.63, 3.8) is 0 Å². The Kier molecular flexibility index (Phi) is 6.21. The zero-order valence-corrected chi connectivity index (χ0v) is 8.85. The summed E-state index contributed by atoms with van der Waals surface area (Å²) < 4.78 is 5.62. The molecule has 2 heteroatoms. The van der Waals surface area contributed by atoms with Crippen molar-refractivity contribution in [1.29, 1.82) is 0 Å². The zero-order chi connectivity index (χ0) is 9.36. The minimum absolute atomic E-state index is 0.874. The van der Waals surface area contributed by atoms with Crippen LogP contribution in [0.3, 0.4) is 0 Å². The van der Waals surface area contributed by atoms with Crippen molar-refractivity contribution in [2.24, 2.45) is 5.92 Å². The predicted octanol–water partition coefficient (Wildman–Crippen LogP) is 2.19. The molecule has 0 unspecified atom stereocenters. The van der Waals surface area contributed by atoms with Gasteiger partial charge < -0.3 is 10.1 Å². The molecule has 1 N–H and O–H groups in total. The fourth-order valence-corrected chi connectivity index (χ4v) is 1.90. The highest BCUT2D eigenvalue weighted by Crippen LogP contribution is 2.24. The minimum Gasteiger partial charge on any atom is -0.381 e. The van der Waals surface area contributed by atoms with Crippen LogP contribution in [0.5, 0.6) is 0 Å². The van der Waals surface area contributed by atoms with Gasteiger partial charge in [-0.3, -0.25) is 0 Å². The van der Waals surface area contributed by atoms with E-state index in [9.17, 15) is 0 Å². The maximum absolute atomic E-state index is 5.62. The van der Waals surface area contributed by atoms with Gasteiger partial charge in [0.25, 0.3) is 0 Å². The van der Waals surface area contributed by atoms with Crippen LogP contribution >= 0.6 is 0 Å². The first-order valence-corrected chi connectivity index (χ1v) is 5.72. The van der Waals surface area contributed by atoms with Crippen molar-refractivity contribution >= 4 is 0 Å². The fraction of sp³-hybridized carbons (Fsp3) is 1.00. The summed E-state index contributed by atoms with van der Waals surface area (Å²) in [7, 11) is 0. The Hall–Kier alpha value is -0.0800. The Balaban J connectivity index is 1.78. The van der Waals surface area contributed by atoms with E-state index in [4.69, 9.17) is 4.74 Å². The lowest BCUT2D eigenvalue weighted by molar-refractivity contribution is 0.0994. The maximum Gasteiger partial charge on any atom is 0.0494 e. The van der Waals surface area contributed by atoms with Gasteiger partial charge in [-0.25, -0.2) is 0 Å². The van der Waals surface area contributed by atoms with E-state index in [-0.39, 0.29) is 0 Å². The second kappa shape index (κ2) is 7.34. The molecule has 2 nitrogen and oxygen atoms in total. The molecule has 0 aliphatic heterocycles. The van der Waals surface area contributed by atoms with Gasteiger partial charge in [-0.05, 0) is 38.3 Å². The first-order chi connectivity index (χ1) is 6.43. The monoisotopic (exact) mass is 185 g/mol. The summed E-state index contributed by atoms with van der Waals surface area (Å²) in [5.41, 5.74) is 0. The molecule has 1 saturated carbocycles. The van der Waals surface area contributed by atoms with E-state index in [2.05, 4.69) is 12.2 Å². The molecular weight excluding hydrogens is 162 g/mol. The van der Waals surface area contributed by atoms with Crippen molar-refractivity contribution in [2.45, 2.75) is 39.0 Å². The molecule has 0 aromatic rings. The zero-order valence-electron chi connectivity index (χ0n) is 8.85. The summed E-state index contributed by atoms with van der Waals surface area (Å²) in [5, 5.41) is 3.30. The molecule has 0 aromatic carbocycles. The molecule has 0 atom stereocenters. The fourth-order valence-electron chi connectivity index (χ4n) is 1.90. The van der Waals surface area contributed by atoms with E-state index >= 15 is 0 Å². The van der Waals surface area contributed by atoms with Crippen LogP contribution in [0.25, 0.3) is 0 Å². The average Bonchev–Trinajstić information content (AvgIpc) is 2.63. The van der Waals surface area contributed by atoms with Crippen LogP contribution in [0.2, 0.25) is 0 Å². The quantitative estimate of drug-likeness (QED) is 0.614. The molecule has 1 fully saturated rings. The van der Waals surface area contributed by atoms with Crippen LogP contribution in [0.15, 0.2) is 0 Å². The van der Waals surface area contributed by atoms with Crippen LogP contribution in [-0.4, -0.2) is 26.3 Å². The molecule has 0 radical (unpaired) electrons. The lowest BCUT2D eigenvalue weighted by atomic mass is 10.1. The summed E-state index contributed by atoms with van der Waals surface area (Å²) in [5.74, 6) is 0.874. The van der Waals surface area contributed by atoms with Gasteiger partial charge >= 0.3 is 0 Å². The summed E-state index contributed by atoms with van der Waals surface area (Å²) in [6, 6.07) is 0. The van der Waals surface area contributed by atoms with Gasteiger partial charge in [-0.15, -0.1) is 0 Å². The Morgan fingerprint density at radius 1 is 1.31 bits per heavy atom. The van der Waals surface area contributed by atoms with E-state index in [1.807, 2.05) is 0 Å². The van der Waals surface area contributed by atoms with Crippen molar-refractivity contribution in [2.75, 3.05) is 26.3 Å². The van der Waals surface area contributed by atoms with Crippen molar-refractivity contribution in [1.82, 2.24) is 5.32 Å². The Bertz CT molecular complexity index is 111. The largest absolute Gasteiger partial charge is 0.381 e. The lowest BCUT2D eigenvalue weighted by Gasteiger charge is -2.09. The minimum atomic E-state index is 0.874. The van der Waals surface area contributed by atoms with Gasteiger partial charge in [0.2, 0.25) is 0 Å². The van der Waals surface area contributed by atoms with Gasteiger partial charge in [0.05, 0.1) is 0 Å². The van der Waals surface area contributed by atoms with E-state index < -0.39 is 0 Å². The molecular formula is C11H23NO. The second-order valence-electron chi connectivity index (χ2n) is 3.93. The third kappa shape index (κ3) is 5.27. The summed E-state index contributed by atoms with van der Waals surface area (Å²) in [6.07, 6.45) is 6.79. The van der Waals surface area contributed by atoms with Gasteiger partial charge in [0, 0.05) is 13.2 Å². The lowest BCUT2D eigenvalue weighted by Crippen LogP contribution is -2.16. The Morgan fingerprint density at radius 2 is 2.08 bits per heavy atom. The van der Waals surface area contributed by atoms with Gasteiger partial charge in [0.15, 0.2) is 0 Å². The Morgan fingerprint density at radius 3 is 2.77 bits per heavy atom. The molecule has 1 rings (SSSR count). The number of hydrogen-bond donors (Lipinski definition) is 1. The molecule has 1 aliphatic rings. The molecule has 0 spiro atoms. The molecule has 0 bridgehead atoms. The Labute approximate surface area is 82.0 Å². The molecule has 0 heterocycles. The summed E-state index contributed by atoms with van der Waals surface area (Å²) in [4.78, 5) is 0. The normalized spacial score (nSPS) is 18.2. The predicted molar refractivity (Wildman–Crippen MR) is 55.9 cm³/mol. The van der Waals surface area contributed by atoms with Crippen LogP contribution < -0.4 is 5.32 Å². The molecule has 0 amide bonds. The number of ether oxygens (including phenoxy) is 1. The summed E-state index contributed by atoms with van der Waals surface area (Å²) >= 11 is 0. The van der Waals surface area contributed by atoms with Gasteiger partial charge in [0.1, 0.15) is 0 Å². The number of hydrogen-bond acceptors (Lipinski definition) is 2. The molecule has 0 saturated heterocycles. The van der Waals surface area contributed by atoms with Crippen molar-refractivity contribution < 1.29 is 4.74 Å². The molecule has 78 valence electrons. The highest BCUT2D eigenvalue weighted by atomic mass is 16.5. The van der Waals surface area contributed by atoms with E-state index in [0.29, 0.717) is 0 Å². The molecule has 1 aliphatic carbocycles. The topological polar surface area (TPSA) is 21.3 Å². The standard InChI is InChI=1S/C11H23NO/c1-2-12-8-5-9-13-10-11-6-3-4-7-11/h11-12H,2-10H2,1H3. The van der Waals surface area contributed by atoms with Crippen LogP contribution in [0.4, 0.5) is 0 Å². The molecule has 0 aromatic heterocycles. The third-order valence-electron chi connectivity index (χ3n) is 2.72. The maximum atomic E-state index is 5.62. The van der Waals surface area contributed by atoms with E-state index in [0.717, 1.165) is 38.6 Å². The summed E-state index contributed by atoms with van der Waals surface area (Å²) in [6.45, 7) is 6.25. The SMILES string of the molecule is CCNCCCOCC1CCCC1. The van der Waals surface area contributed by atoms with Crippen molar-refractivity contribution in [3.8, 4) is 0 Å².